The molecule has 4 N–H and O–H groups in total. The molecular weight excluding hydrogens is 853 g/mol. The van der Waals surface area contributed by atoms with E-state index in [4.69, 9.17) is 10.2 Å². The number of phenolic OH excluding ortho intramolecular Hbond substituents is 2. The monoisotopic (exact) mass is 886 g/mol. The predicted octanol–water partition coefficient (Wildman–Crippen LogP) is 10.2. The average Bonchev–Trinajstić information content (AvgIpc) is 3.93. The van der Waals surface area contributed by atoms with Gasteiger partial charge in [-0.3, -0.25) is 0 Å². The number of carbonyl (C=O) groups is 6. The Morgan fingerprint density at radius 3 is 1.07 bits per heavy atom. The van der Waals surface area contributed by atoms with Gasteiger partial charge in [0.15, 0.2) is 0 Å². The van der Waals surface area contributed by atoms with Gasteiger partial charge in [0, 0.05) is 0 Å². The number of cyclic esters (lactones) is 4. The summed E-state index contributed by atoms with van der Waals surface area (Å²) in [7, 11) is 0. The summed E-state index contributed by atoms with van der Waals surface area (Å²) in [6.07, 6.45) is 0. The van der Waals surface area contributed by atoms with Crippen LogP contribution in [0, 0.1) is 0 Å². The molecule has 0 saturated heterocycles. The number of carbonyl (C=O) groups excluding carboxylic acids is 4. The smallest absolute Gasteiger partial charge is 0.346 e. The lowest BCUT2D eigenvalue weighted by molar-refractivity contribution is 0.0425. The van der Waals surface area contributed by atoms with E-state index in [9.17, 15) is 39.0 Å². The van der Waals surface area contributed by atoms with Gasteiger partial charge in [0.05, 0.1) is 38.8 Å². The molecule has 12 heteroatoms. The van der Waals surface area contributed by atoms with E-state index in [1.54, 1.807) is 12.1 Å². The van der Waals surface area contributed by atoms with Crippen LogP contribution in [0.3, 0.4) is 0 Å². The quantitative estimate of drug-likeness (QED) is 0.0911. The van der Waals surface area contributed by atoms with Crippen molar-refractivity contribution in [2.24, 2.45) is 0 Å². The number of fused-ring (bicyclic) bond motifs is 5. The zero-order valence-electron chi connectivity index (χ0n) is 34.9. The van der Waals surface area contributed by atoms with Crippen LogP contribution in [-0.4, -0.2) is 56.2 Å². The second-order valence-corrected chi connectivity index (χ2v) is 15.5. The minimum Gasteiger partial charge on any atom is -0.508 e. The molecule has 3 aliphatic rings. The molecule has 8 aromatic rings. The molecule has 0 fully saturated rings. The van der Waals surface area contributed by atoms with Crippen molar-refractivity contribution in [3.05, 3.63) is 238 Å². The SMILES string of the molecule is O=C(O)c1ccc2c(c1)C(=O)OC2=O.O=C(O)c1ccc2c(c1)C(=O)OC2=O.Oc1ccc(C2(c3ccc(O)cc3-c3ccccc3)c3ccccc3-c3ccccc32)c(-c2ccccc2)c1. The first-order valence-electron chi connectivity index (χ1n) is 20.6. The fourth-order valence-corrected chi connectivity index (χ4v) is 8.83. The van der Waals surface area contributed by atoms with Gasteiger partial charge in [0.1, 0.15) is 11.5 Å². The zero-order chi connectivity index (χ0) is 47.0. The first kappa shape index (κ1) is 42.9. The second kappa shape index (κ2) is 17.3. The van der Waals surface area contributed by atoms with E-state index < -0.39 is 41.2 Å². The number of rotatable bonds is 6. The third-order valence-electron chi connectivity index (χ3n) is 11.7. The summed E-state index contributed by atoms with van der Waals surface area (Å²) in [6.45, 7) is 0. The van der Waals surface area contributed by atoms with E-state index in [1.807, 2.05) is 48.5 Å². The van der Waals surface area contributed by atoms with Crippen molar-refractivity contribution in [2.45, 2.75) is 5.41 Å². The number of phenols is 2. The number of ether oxygens (including phenoxy) is 2. The van der Waals surface area contributed by atoms with Gasteiger partial charge in [0.25, 0.3) is 0 Å². The van der Waals surface area contributed by atoms with Crippen LogP contribution in [0.4, 0.5) is 0 Å². The van der Waals surface area contributed by atoms with Crippen molar-refractivity contribution in [3.63, 3.8) is 0 Å². The second-order valence-electron chi connectivity index (χ2n) is 15.5. The average molecular weight is 887 g/mol. The van der Waals surface area contributed by atoms with Gasteiger partial charge in [-0.2, -0.15) is 0 Å². The van der Waals surface area contributed by atoms with Gasteiger partial charge in [-0.15, -0.1) is 0 Å². The molecule has 0 atom stereocenters. The lowest BCUT2D eigenvalue weighted by Crippen LogP contribution is -2.30. The maximum atomic E-state index is 11.0. The van der Waals surface area contributed by atoms with Gasteiger partial charge in [-0.05, 0) is 116 Å². The Labute approximate surface area is 381 Å². The van der Waals surface area contributed by atoms with E-state index in [-0.39, 0.29) is 44.9 Å². The molecule has 0 radical (unpaired) electrons. The highest BCUT2D eigenvalue weighted by atomic mass is 16.6. The normalized spacial score (nSPS) is 13.3. The highest BCUT2D eigenvalue weighted by Crippen LogP contribution is 2.59. The molecule has 67 heavy (non-hydrogen) atoms. The Balaban J connectivity index is 0.000000163. The Morgan fingerprint density at radius 1 is 0.343 bits per heavy atom. The highest BCUT2D eigenvalue weighted by molar-refractivity contribution is 6.16. The molecule has 0 bridgehead atoms. The molecule has 0 spiro atoms. The van der Waals surface area contributed by atoms with Gasteiger partial charge >= 0.3 is 35.8 Å². The molecule has 12 nitrogen and oxygen atoms in total. The van der Waals surface area contributed by atoms with Crippen molar-refractivity contribution in [1.82, 2.24) is 0 Å². The molecule has 0 aromatic heterocycles. The summed E-state index contributed by atoms with van der Waals surface area (Å²) in [5, 5.41) is 38.7. The number of aromatic carboxylic acids is 2. The molecule has 0 amide bonds. The summed E-state index contributed by atoms with van der Waals surface area (Å²) >= 11 is 0. The first-order valence-corrected chi connectivity index (χ1v) is 20.6. The van der Waals surface area contributed by atoms with Crippen LogP contribution in [0.25, 0.3) is 33.4 Å². The third kappa shape index (κ3) is 7.64. The number of esters is 4. The van der Waals surface area contributed by atoms with E-state index >= 15 is 0 Å². The van der Waals surface area contributed by atoms with Gasteiger partial charge < -0.3 is 29.9 Å². The fourth-order valence-electron chi connectivity index (χ4n) is 8.83. The number of hydrogen-bond acceptors (Lipinski definition) is 10. The van der Waals surface area contributed by atoms with Gasteiger partial charge in [-0.25, -0.2) is 28.8 Å². The molecule has 8 aromatic carbocycles. The Morgan fingerprint density at radius 2 is 0.687 bits per heavy atom. The van der Waals surface area contributed by atoms with Crippen LogP contribution in [-0.2, 0) is 14.9 Å². The lowest BCUT2D eigenvalue weighted by Gasteiger charge is -2.37. The number of carboxylic acid groups (broad SMARTS) is 2. The molecule has 2 aliphatic heterocycles. The topological polar surface area (TPSA) is 202 Å². The van der Waals surface area contributed by atoms with E-state index in [2.05, 4.69) is 94.4 Å². The number of hydrogen-bond donors (Lipinski definition) is 4. The predicted molar refractivity (Wildman–Crippen MR) is 244 cm³/mol. The van der Waals surface area contributed by atoms with Crippen LogP contribution in [0.2, 0.25) is 0 Å². The highest BCUT2D eigenvalue weighted by Gasteiger charge is 2.48. The molecule has 0 saturated carbocycles. The van der Waals surface area contributed by atoms with E-state index in [0.29, 0.717) is 0 Å². The standard InChI is InChI=1S/C37H26O2.2C9H4O5/c38-27-19-21-35(31(23-27)25-11-3-1-4-12-25)37(33-17-9-7-15-29(33)30-16-8-10-18-34(30)37)36-22-20-28(39)24-32(36)26-13-5-2-6-14-26;2*10-7(11)4-1-2-5-6(3-4)9(13)14-8(5)12/h1-24,38-39H;2*1-3H,(H,10,11). The van der Waals surface area contributed by atoms with Crippen molar-refractivity contribution in [3.8, 4) is 44.9 Å². The molecule has 1 aliphatic carbocycles. The molecule has 0 unspecified atom stereocenters. The van der Waals surface area contributed by atoms with Crippen LogP contribution in [0.1, 0.15) is 84.4 Å². The number of benzene rings is 8. The minimum atomic E-state index is -1.15. The molecule has 11 rings (SSSR count). The van der Waals surface area contributed by atoms with Crippen molar-refractivity contribution in [2.75, 3.05) is 0 Å². The summed E-state index contributed by atoms with van der Waals surface area (Å²) in [5.74, 6) is -4.92. The summed E-state index contributed by atoms with van der Waals surface area (Å²) < 4.78 is 8.59. The van der Waals surface area contributed by atoms with E-state index in [0.717, 1.165) is 45.5 Å². The largest absolute Gasteiger partial charge is 0.508 e. The number of carboxylic acids is 2. The maximum absolute atomic E-state index is 11.0. The van der Waals surface area contributed by atoms with Crippen LogP contribution in [0.5, 0.6) is 11.5 Å². The van der Waals surface area contributed by atoms with Crippen LogP contribution in [0.15, 0.2) is 182 Å². The summed E-state index contributed by atoms with van der Waals surface area (Å²) in [4.78, 5) is 65.1. The van der Waals surface area contributed by atoms with Crippen molar-refractivity contribution < 1.29 is 58.7 Å². The summed E-state index contributed by atoms with van der Waals surface area (Å²) in [5.41, 5.74) is 10.3. The van der Waals surface area contributed by atoms with Gasteiger partial charge in [-0.1, -0.05) is 121 Å². The molecule has 326 valence electrons. The Bertz CT molecular complexity index is 3130. The zero-order valence-corrected chi connectivity index (χ0v) is 34.9. The van der Waals surface area contributed by atoms with Crippen molar-refractivity contribution >= 4 is 35.8 Å². The maximum Gasteiger partial charge on any atom is 0.346 e. The first-order chi connectivity index (χ1) is 32.4. The fraction of sp³-hybridized carbons (Fsp3) is 0.0182. The minimum absolute atomic E-state index is 0.00917. The number of aromatic hydroxyl groups is 2. The van der Waals surface area contributed by atoms with Crippen LogP contribution < -0.4 is 0 Å². The lowest BCUT2D eigenvalue weighted by atomic mass is 9.64. The van der Waals surface area contributed by atoms with Crippen LogP contribution >= 0.6 is 0 Å². The molecular formula is C55H34O12. The summed E-state index contributed by atoms with van der Waals surface area (Å²) in [6, 6.07) is 56.5. The van der Waals surface area contributed by atoms with E-state index in [1.165, 1.54) is 46.5 Å². The van der Waals surface area contributed by atoms with Crippen molar-refractivity contribution in [1.29, 1.82) is 0 Å². The Kier molecular flexibility index (Phi) is 11.1. The van der Waals surface area contributed by atoms with Gasteiger partial charge in [0.2, 0.25) is 0 Å². The third-order valence-corrected chi connectivity index (χ3v) is 11.7. The molecule has 2 heterocycles. The Hall–Kier alpha value is -9.42.